The number of hydrogen-bond donors (Lipinski definition) is 2. The molecule has 0 aliphatic heterocycles. The van der Waals surface area contributed by atoms with Crippen LogP contribution < -0.4 is 10.6 Å². The van der Waals surface area contributed by atoms with Crippen LogP contribution in [0.2, 0.25) is 0 Å². The molecule has 158 valence electrons. The average molecular weight is 412 g/mol. The fraction of sp³-hybridized carbons (Fsp3) is 0.667. The second kappa shape index (κ2) is 10.2. The van der Waals surface area contributed by atoms with E-state index in [4.69, 9.17) is 4.99 Å². The van der Waals surface area contributed by atoms with Crippen LogP contribution in [0.4, 0.5) is 4.39 Å². The quantitative estimate of drug-likeness (QED) is 0.508. The van der Waals surface area contributed by atoms with Crippen LogP contribution in [0.3, 0.4) is 0 Å². The first-order chi connectivity index (χ1) is 13.2. The van der Waals surface area contributed by atoms with Gasteiger partial charge in [0.15, 0.2) is 5.96 Å². The summed E-state index contributed by atoms with van der Waals surface area (Å²) >= 11 is 0. The van der Waals surface area contributed by atoms with Crippen LogP contribution in [0.15, 0.2) is 29.3 Å². The summed E-state index contributed by atoms with van der Waals surface area (Å²) in [6.45, 7) is 5.27. The second-order valence-electron chi connectivity index (χ2n) is 8.01. The smallest absolute Gasteiger partial charge is 0.191 e. The molecule has 0 amide bonds. The van der Waals surface area contributed by atoms with E-state index in [0.29, 0.717) is 18.9 Å². The summed E-state index contributed by atoms with van der Waals surface area (Å²) in [4.78, 5) is 4.82. The zero-order chi connectivity index (χ0) is 20.6. The van der Waals surface area contributed by atoms with E-state index in [1.54, 1.807) is 12.1 Å². The van der Waals surface area contributed by atoms with Crippen molar-refractivity contribution in [2.45, 2.75) is 63.8 Å². The van der Waals surface area contributed by atoms with Gasteiger partial charge in [0.05, 0.1) is 12.3 Å². The van der Waals surface area contributed by atoms with Crippen molar-refractivity contribution in [1.82, 2.24) is 10.6 Å². The topological polar surface area (TPSA) is 70.6 Å². The van der Waals surface area contributed by atoms with Crippen LogP contribution >= 0.6 is 0 Å². The third-order valence-electron chi connectivity index (χ3n) is 5.44. The standard InChI is InChI=1S/C21H34FN3O2S/c1-4-23-20(25-17(2)11-14-28(3,26)27)24-16-21(12-6-5-7-13-21)18-9-8-10-19(22)15-18/h8-10,15,17H,4-7,11-14,16H2,1-3H3,(H2,23,24,25). The molecule has 5 nitrogen and oxygen atoms in total. The summed E-state index contributed by atoms with van der Waals surface area (Å²) in [6.07, 6.45) is 7.25. The minimum Gasteiger partial charge on any atom is -0.357 e. The third kappa shape index (κ3) is 7.08. The SMILES string of the molecule is CCNC(=NCC1(c2cccc(F)c2)CCCCC1)NC(C)CCS(C)(=O)=O. The number of nitrogens with one attached hydrogen (secondary N) is 2. The van der Waals surface area contributed by atoms with Crippen LogP contribution in [-0.2, 0) is 15.3 Å². The lowest BCUT2D eigenvalue weighted by Gasteiger charge is -2.37. The lowest BCUT2D eigenvalue weighted by atomic mass is 9.69. The van der Waals surface area contributed by atoms with Gasteiger partial charge in [-0.1, -0.05) is 31.4 Å². The number of halogens is 1. The van der Waals surface area contributed by atoms with E-state index >= 15 is 0 Å². The van der Waals surface area contributed by atoms with E-state index in [1.165, 1.54) is 18.7 Å². The summed E-state index contributed by atoms with van der Waals surface area (Å²) in [6, 6.07) is 6.92. The number of benzene rings is 1. The van der Waals surface area contributed by atoms with E-state index in [-0.39, 0.29) is 23.0 Å². The van der Waals surface area contributed by atoms with Crippen LogP contribution in [-0.4, -0.2) is 45.5 Å². The van der Waals surface area contributed by atoms with Crippen molar-refractivity contribution in [2.24, 2.45) is 4.99 Å². The molecule has 0 aromatic heterocycles. The van der Waals surface area contributed by atoms with Gasteiger partial charge < -0.3 is 10.6 Å². The number of sulfone groups is 1. The van der Waals surface area contributed by atoms with Gasteiger partial charge in [0.25, 0.3) is 0 Å². The highest BCUT2D eigenvalue weighted by Crippen LogP contribution is 2.40. The maximum absolute atomic E-state index is 13.9. The van der Waals surface area contributed by atoms with Gasteiger partial charge in [-0.25, -0.2) is 12.8 Å². The fourth-order valence-electron chi connectivity index (χ4n) is 3.83. The highest BCUT2D eigenvalue weighted by atomic mass is 32.2. The third-order valence-corrected chi connectivity index (χ3v) is 6.41. The maximum atomic E-state index is 13.9. The average Bonchev–Trinajstić information content (AvgIpc) is 2.65. The molecule has 0 saturated heterocycles. The molecular weight excluding hydrogens is 377 g/mol. The summed E-state index contributed by atoms with van der Waals surface area (Å²) in [5.74, 6) is 0.629. The summed E-state index contributed by atoms with van der Waals surface area (Å²) in [5, 5.41) is 6.56. The monoisotopic (exact) mass is 411 g/mol. The molecule has 1 unspecified atom stereocenters. The Kier molecular flexibility index (Phi) is 8.28. The minimum absolute atomic E-state index is 0.0102. The molecule has 1 atom stereocenters. The van der Waals surface area contributed by atoms with Crippen molar-refractivity contribution in [1.29, 1.82) is 0 Å². The zero-order valence-corrected chi connectivity index (χ0v) is 18.1. The molecule has 2 N–H and O–H groups in total. The van der Waals surface area contributed by atoms with Gasteiger partial charge in [-0.05, 0) is 50.8 Å². The molecule has 1 aliphatic rings. The highest BCUT2D eigenvalue weighted by molar-refractivity contribution is 7.90. The minimum atomic E-state index is -2.98. The van der Waals surface area contributed by atoms with Crippen LogP contribution in [0, 0.1) is 5.82 Å². The van der Waals surface area contributed by atoms with Gasteiger partial charge in [0.1, 0.15) is 15.7 Å². The van der Waals surface area contributed by atoms with Crippen molar-refractivity contribution in [3.05, 3.63) is 35.6 Å². The molecule has 1 aromatic rings. The Morgan fingerprint density at radius 1 is 1.29 bits per heavy atom. The number of rotatable bonds is 8. The Balaban J connectivity index is 2.14. The molecule has 0 bridgehead atoms. The summed E-state index contributed by atoms with van der Waals surface area (Å²) < 4.78 is 36.7. The van der Waals surface area contributed by atoms with E-state index in [0.717, 1.165) is 37.8 Å². The predicted molar refractivity (Wildman–Crippen MR) is 114 cm³/mol. The fourth-order valence-corrected chi connectivity index (χ4v) is 4.61. The van der Waals surface area contributed by atoms with Crippen molar-refractivity contribution >= 4 is 15.8 Å². The van der Waals surface area contributed by atoms with Crippen molar-refractivity contribution in [3.63, 3.8) is 0 Å². The maximum Gasteiger partial charge on any atom is 0.191 e. The second-order valence-corrected chi connectivity index (χ2v) is 10.3. The van der Waals surface area contributed by atoms with Crippen molar-refractivity contribution < 1.29 is 12.8 Å². The number of nitrogens with zero attached hydrogens (tertiary/aromatic N) is 1. The Morgan fingerprint density at radius 3 is 2.61 bits per heavy atom. The Hall–Kier alpha value is -1.63. The van der Waals surface area contributed by atoms with Crippen molar-refractivity contribution in [3.8, 4) is 0 Å². The molecule has 0 heterocycles. The molecule has 1 fully saturated rings. The molecule has 0 spiro atoms. The van der Waals surface area contributed by atoms with Crippen LogP contribution in [0.1, 0.15) is 57.9 Å². The molecule has 1 aliphatic carbocycles. The Morgan fingerprint density at radius 2 is 2.00 bits per heavy atom. The van der Waals surface area contributed by atoms with Gasteiger partial charge in [0.2, 0.25) is 0 Å². The first kappa shape index (κ1) is 22.7. The number of hydrogen-bond acceptors (Lipinski definition) is 3. The molecule has 7 heteroatoms. The Bertz CT molecular complexity index is 759. The van der Waals surface area contributed by atoms with E-state index in [1.807, 2.05) is 19.9 Å². The van der Waals surface area contributed by atoms with Gasteiger partial charge in [-0.15, -0.1) is 0 Å². The van der Waals surface area contributed by atoms with Gasteiger partial charge >= 0.3 is 0 Å². The molecule has 2 rings (SSSR count). The van der Waals surface area contributed by atoms with Crippen LogP contribution in [0.25, 0.3) is 0 Å². The van der Waals surface area contributed by atoms with Gasteiger partial charge in [-0.2, -0.15) is 0 Å². The first-order valence-electron chi connectivity index (χ1n) is 10.2. The predicted octanol–water partition coefficient (Wildman–Crippen LogP) is 3.41. The lowest BCUT2D eigenvalue weighted by molar-refractivity contribution is 0.300. The summed E-state index contributed by atoms with van der Waals surface area (Å²) in [5.41, 5.74) is 0.885. The highest BCUT2D eigenvalue weighted by Gasteiger charge is 2.34. The molecule has 1 aromatic carbocycles. The summed E-state index contributed by atoms with van der Waals surface area (Å²) in [7, 11) is -2.98. The molecular formula is C21H34FN3O2S. The van der Waals surface area contributed by atoms with Gasteiger partial charge in [0, 0.05) is 24.3 Å². The van der Waals surface area contributed by atoms with Crippen molar-refractivity contribution in [2.75, 3.05) is 25.1 Å². The lowest BCUT2D eigenvalue weighted by Crippen LogP contribution is -2.44. The van der Waals surface area contributed by atoms with E-state index in [2.05, 4.69) is 10.6 Å². The molecule has 1 saturated carbocycles. The van der Waals surface area contributed by atoms with E-state index < -0.39 is 9.84 Å². The van der Waals surface area contributed by atoms with E-state index in [9.17, 15) is 12.8 Å². The van der Waals surface area contributed by atoms with Gasteiger partial charge in [-0.3, -0.25) is 4.99 Å². The normalized spacial score (nSPS) is 18.5. The Labute approximate surface area is 169 Å². The molecule has 28 heavy (non-hydrogen) atoms. The first-order valence-corrected chi connectivity index (χ1v) is 12.3. The number of guanidine groups is 1. The van der Waals surface area contributed by atoms with Crippen LogP contribution in [0.5, 0.6) is 0 Å². The molecule has 0 radical (unpaired) electrons. The zero-order valence-electron chi connectivity index (χ0n) is 17.3. The largest absolute Gasteiger partial charge is 0.357 e. The number of aliphatic imine (C=N–C) groups is 1.